The molecule has 0 spiro atoms. The molecule has 2 fully saturated rings. The predicted octanol–water partition coefficient (Wildman–Crippen LogP) is 1.13. The van der Waals surface area contributed by atoms with Gasteiger partial charge in [0.25, 0.3) is 5.91 Å². The monoisotopic (exact) mass is 378 g/mol. The van der Waals surface area contributed by atoms with Gasteiger partial charge in [0.1, 0.15) is 0 Å². The molecule has 2 aliphatic heterocycles. The third kappa shape index (κ3) is 2.96. The fourth-order valence-electron chi connectivity index (χ4n) is 3.57. The molecule has 2 aromatic rings. The lowest BCUT2D eigenvalue weighted by atomic mass is 10.1. The van der Waals surface area contributed by atoms with E-state index in [2.05, 4.69) is 9.97 Å². The van der Waals surface area contributed by atoms with E-state index in [-0.39, 0.29) is 18.4 Å². The number of sulfonamides is 1. The van der Waals surface area contributed by atoms with Crippen molar-refractivity contribution in [3.8, 4) is 0 Å². The van der Waals surface area contributed by atoms with E-state index in [1.54, 1.807) is 29.4 Å². The highest BCUT2D eigenvalue weighted by Gasteiger charge is 2.52. The Hall–Kier alpha value is -1.84. The van der Waals surface area contributed by atoms with Crippen molar-refractivity contribution >= 4 is 27.3 Å². The van der Waals surface area contributed by atoms with Gasteiger partial charge in [-0.3, -0.25) is 9.78 Å². The Kier molecular flexibility index (Phi) is 4.09. The molecule has 1 amide bonds. The van der Waals surface area contributed by atoms with Crippen molar-refractivity contribution in [2.45, 2.75) is 18.7 Å². The average Bonchev–Trinajstić information content (AvgIpc) is 3.26. The van der Waals surface area contributed by atoms with Crippen LogP contribution in [-0.4, -0.2) is 58.4 Å². The fraction of sp³-hybridized carbons (Fsp3) is 0.438. The number of rotatable bonds is 3. The van der Waals surface area contributed by atoms with Crippen molar-refractivity contribution in [2.24, 2.45) is 5.92 Å². The molecule has 0 saturated carbocycles. The minimum atomic E-state index is -3.41. The van der Waals surface area contributed by atoms with Crippen molar-refractivity contribution in [1.82, 2.24) is 19.2 Å². The van der Waals surface area contributed by atoms with Crippen molar-refractivity contribution < 1.29 is 13.2 Å². The maximum Gasteiger partial charge on any atom is 0.254 e. The van der Waals surface area contributed by atoms with Crippen LogP contribution in [0, 0.1) is 12.8 Å². The van der Waals surface area contributed by atoms with Gasteiger partial charge in [-0.15, -0.1) is 11.3 Å². The van der Waals surface area contributed by atoms with Crippen LogP contribution in [0.1, 0.15) is 21.1 Å². The Labute approximate surface area is 150 Å². The Morgan fingerprint density at radius 1 is 1.28 bits per heavy atom. The molecule has 25 heavy (non-hydrogen) atoms. The van der Waals surface area contributed by atoms with Gasteiger partial charge in [0.15, 0.2) is 0 Å². The number of hydrogen-bond donors (Lipinski definition) is 0. The summed E-state index contributed by atoms with van der Waals surface area (Å²) in [5.74, 6) is -0.177. The number of hydrogen-bond acceptors (Lipinski definition) is 6. The van der Waals surface area contributed by atoms with Crippen LogP contribution in [0.2, 0.25) is 0 Å². The largest absolute Gasteiger partial charge is 0.337 e. The molecule has 0 aliphatic carbocycles. The number of likely N-dealkylation sites (tertiary alicyclic amines) is 1. The maximum absolute atomic E-state index is 12.8. The van der Waals surface area contributed by atoms with E-state index in [1.807, 2.05) is 12.3 Å². The van der Waals surface area contributed by atoms with Crippen LogP contribution < -0.4 is 0 Å². The number of fused-ring (bicyclic) bond motifs is 1. The van der Waals surface area contributed by atoms with Crippen molar-refractivity contribution in [1.29, 1.82) is 0 Å². The third-order valence-electron chi connectivity index (χ3n) is 4.78. The lowest BCUT2D eigenvalue weighted by molar-refractivity contribution is 0.0784. The molecule has 2 atom stereocenters. The topological polar surface area (TPSA) is 83.5 Å². The first-order valence-corrected chi connectivity index (χ1v) is 10.4. The highest BCUT2D eigenvalue weighted by atomic mass is 32.2. The summed E-state index contributed by atoms with van der Waals surface area (Å²) in [6, 6.07) is 3.31. The minimum absolute atomic E-state index is 0.0458. The summed E-state index contributed by atoms with van der Waals surface area (Å²) in [6.45, 7) is 3.39. The normalized spacial score (nSPS) is 25.2. The smallest absolute Gasteiger partial charge is 0.254 e. The Morgan fingerprint density at radius 2 is 2.04 bits per heavy atom. The molecule has 0 aromatic carbocycles. The second-order valence-corrected chi connectivity index (χ2v) is 9.65. The van der Waals surface area contributed by atoms with E-state index in [4.69, 9.17) is 0 Å². The number of amides is 1. The van der Waals surface area contributed by atoms with Crippen molar-refractivity contribution in [3.63, 3.8) is 0 Å². The highest BCUT2D eigenvalue weighted by Crippen LogP contribution is 2.35. The first kappa shape index (κ1) is 16.6. The molecule has 2 aromatic heterocycles. The third-order valence-corrected chi connectivity index (χ3v) is 7.90. The predicted molar refractivity (Wildman–Crippen MR) is 93.6 cm³/mol. The molecule has 0 radical (unpaired) electrons. The molecule has 9 heteroatoms. The van der Waals surface area contributed by atoms with Gasteiger partial charge in [-0.25, -0.2) is 13.4 Å². The number of pyridine rings is 1. The van der Waals surface area contributed by atoms with Crippen LogP contribution in [0.5, 0.6) is 0 Å². The van der Waals surface area contributed by atoms with Crippen LogP contribution in [0.15, 0.2) is 29.9 Å². The van der Waals surface area contributed by atoms with Gasteiger partial charge < -0.3 is 4.90 Å². The SMILES string of the molecule is Cc1nc(CN2C[C@@H]3CN(C(=O)c4ccncc4)C[C@@H]3S2(=O)=O)cs1. The molecule has 2 saturated heterocycles. The summed E-state index contributed by atoms with van der Waals surface area (Å²) in [5, 5.41) is 2.32. The molecular weight excluding hydrogens is 360 g/mol. The number of nitrogens with zero attached hydrogens (tertiary/aromatic N) is 4. The molecule has 0 bridgehead atoms. The van der Waals surface area contributed by atoms with E-state index in [0.29, 0.717) is 25.2 Å². The molecule has 4 rings (SSSR count). The number of thiazole rings is 1. The quantitative estimate of drug-likeness (QED) is 0.800. The van der Waals surface area contributed by atoms with Crippen LogP contribution in [0.4, 0.5) is 0 Å². The molecule has 2 aliphatic rings. The summed E-state index contributed by atoms with van der Waals surface area (Å²) in [7, 11) is -3.41. The number of aromatic nitrogens is 2. The molecule has 7 nitrogen and oxygen atoms in total. The first-order valence-electron chi connectivity index (χ1n) is 8.04. The standard InChI is InChI=1S/C16H18N4O3S2/c1-11-18-14(10-24-11)8-20-7-13-6-19(9-15(13)25(20,22)23)16(21)12-2-4-17-5-3-12/h2-5,10,13,15H,6-9H2,1H3/t13-,15-/m0/s1. The first-order chi connectivity index (χ1) is 11.9. The summed E-state index contributed by atoms with van der Waals surface area (Å²) < 4.78 is 27.2. The van der Waals surface area contributed by atoms with Crippen LogP contribution in [0.25, 0.3) is 0 Å². The van der Waals surface area contributed by atoms with Gasteiger partial charge >= 0.3 is 0 Å². The zero-order valence-electron chi connectivity index (χ0n) is 13.7. The van der Waals surface area contributed by atoms with Gasteiger partial charge in [0.2, 0.25) is 10.0 Å². The van der Waals surface area contributed by atoms with E-state index in [9.17, 15) is 13.2 Å². The van der Waals surface area contributed by atoms with Gasteiger partial charge in [0, 0.05) is 48.9 Å². The lowest BCUT2D eigenvalue weighted by Crippen LogP contribution is -2.36. The molecular formula is C16H18N4O3S2. The fourth-order valence-corrected chi connectivity index (χ4v) is 6.30. The van der Waals surface area contributed by atoms with Gasteiger partial charge in [-0.05, 0) is 19.1 Å². The Bertz CT molecular complexity index is 897. The number of carbonyl (C=O) groups is 1. The number of aryl methyl sites for hydroxylation is 1. The summed E-state index contributed by atoms with van der Waals surface area (Å²) in [4.78, 5) is 22.5. The maximum atomic E-state index is 12.8. The zero-order valence-corrected chi connectivity index (χ0v) is 15.3. The number of carbonyl (C=O) groups excluding carboxylic acids is 1. The van der Waals surface area contributed by atoms with E-state index >= 15 is 0 Å². The summed E-state index contributed by atoms with van der Waals surface area (Å²) >= 11 is 1.52. The van der Waals surface area contributed by atoms with Crippen LogP contribution >= 0.6 is 11.3 Å². The van der Waals surface area contributed by atoms with Gasteiger partial charge in [0.05, 0.1) is 22.5 Å². The lowest BCUT2D eigenvalue weighted by Gasteiger charge is -2.21. The van der Waals surface area contributed by atoms with Gasteiger partial charge in [-0.2, -0.15) is 4.31 Å². The Morgan fingerprint density at radius 3 is 2.68 bits per heavy atom. The van der Waals surface area contributed by atoms with Crippen LogP contribution in [0.3, 0.4) is 0 Å². The van der Waals surface area contributed by atoms with Crippen molar-refractivity contribution in [2.75, 3.05) is 19.6 Å². The highest BCUT2D eigenvalue weighted by molar-refractivity contribution is 7.90. The average molecular weight is 378 g/mol. The second kappa shape index (κ2) is 6.15. The molecule has 0 unspecified atom stereocenters. The van der Waals surface area contributed by atoms with Crippen LogP contribution in [-0.2, 0) is 16.6 Å². The minimum Gasteiger partial charge on any atom is -0.337 e. The zero-order chi connectivity index (χ0) is 17.6. The summed E-state index contributed by atoms with van der Waals surface area (Å²) in [6.07, 6.45) is 3.14. The van der Waals surface area contributed by atoms with E-state index in [0.717, 1.165) is 10.7 Å². The second-order valence-electron chi connectivity index (χ2n) is 6.44. The Balaban J connectivity index is 1.48. The molecule has 4 heterocycles. The van der Waals surface area contributed by atoms with E-state index in [1.165, 1.54) is 15.6 Å². The molecule has 132 valence electrons. The molecule has 0 N–H and O–H groups in total. The van der Waals surface area contributed by atoms with Crippen molar-refractivity contribution in [3.05, 3.63) is 46.2 Å². The summed E-state index contributed by atoms with van der Waals surface area (Å²) in [5.41, 5.74) is 1.33. The van der Waals surface area contributed by atoms with E-state index < -0.39 is 15.3 Å². The van der Waals surface area contributed by atoms with Gasteiger partial charge in [-0.1, -0.05) is 0 Å².